The van der Waals surface area contributed by atoms with Crippen molar-refractivity contribution in [2.75, 3.05) is 11.9 Å². The highest BCUT2D eigenvalue weighted by Crippen LogP contribution is 2.43. The van der Waals surface area contributed by atoms with Crippen LogP contribution >= 0.6 is 0 Å². The standard InChI is InChI=1S/C27H32F4N4O2/c1-14-9-23(35(13-14)26(37)20-10-15(2)32-12-22(20)33-18-6-7-18)25(36)34-24(16-3-4-16)19-8-5-17(11-21(19)28)27(29,30)31/h5,8,10-12,14,16,18,23-24,26,33,37H,3-4,6-7,9,13H2,1-2H3,(H,34,36)/t14-,23-,24-,26?/m1/s1. The molecule has 3 N–H and O–H groups in total. The van der Waals surface area contributed by atoms with Gasteiger partial charge < -0.3 is 15.7 Å². The van der Waals surface area contributed by atoms with Crippen molar-refractivity contribution in [1.29, 1.82) is 0 Å². The molecular formula is C27H32F4N4O2. The molecule has 10 heteroatoms. The van der Waals surface area contributed by atoms with Crippen LogP contribution in [0, 0.1) is 24.6 Å². The van der Waals surface area contributed by atoms with E-state index in [1.54, 1.807) is 11.1 Å². The number of carbonyl (C=O) groups excluding carboxylic acids is 1. The van der Waals surface area contributed by atoms with Gasteiger partial charge in [0.2, 0.25) is 5.91 Å². The number of aliphatic hydroxyl groups is 1. The van der Waals surface area contributed by atoms with Gasteiger partial charge in [-0.1, -0.05) is 13.0 Å². The quantitative estimate of drug-likeness (QED) is 0.423. The van der Waals surface area contributed by atoms with Crippen LogP contribution in [0.5, 0.6) is 0 Å². The van der Waals surface area contributed by atoms with E-state index in [-0.39, 0.29) is 23.3 Å². The van der Waals surface area contributed by atoms with Crippen LogP contribution in [0.25, 0.3) is 0 Å². The van der Waals surface area contributed by atoms with Crippen molar-refractivity contribution < 1.29 is 27.5 Å². The summed E-state index contributed by atoms with van der Waals surface area (Å²) in [6, 6.07) is 3.26. The van der Waals surface area contributed by atoms with Crippen molar-refractivity contribution in [2.45, 2.75) is 76.5 Å². The summed E-state index contributed by atoms with van der Waals surface area (Å²) in [6.45, 7) is 4.33. The maximum absolute atomic E-state index is 14.8. The summed E-state index contributed by atoms with van der Waals surface area (Å²) in [7, 11) is 0. The number of alkyl halides is 3. The van der Waals surface area contributed by atoms with Gasteiger partial charge in [0.15, 0.2) is 0 Å². The van der Waals surface area contributed by atoms with Crippen molar-refractivity contribution in [3.05, 3.63) is 58.7 Å². The molecule has 3 aliphatic rings. The smallest absolute Gasteiger partial charge is 0.381 e. The van der Waals surface area contributed by atoms with Gasteiger partial charge in [0.05, 0.1) is 29.5 Å². The second-order valence-electron chi connectivity index (χ2n) is 10.8. The summed E-state index contributed by atoms with van der Waals surface area (Å²) >= 11 is 0. The molecule has 4 atom stereocenters. The Morgan fingerprint density at radius 2 is 1.89 bits per heavy atom. The molecule has 2 saturated carbocycles. The third-order valence-electron chi connectivity index (χ3n) is 7.51. The number of carbonyl (C=O) groups is 1. The molecule has 5 rings (SSSR count). The van der Waals surface area contributed by atoms with Crippen LogP contribution in [-0.4, -0.2) is 39.5 Å². The zero-order chi connectivity index (χ0) is 26.5. The van der Waals surface area contributed by atoms with Gasteiger partial charge in [-0.25, -0.2) is 4.39 Å². The number of aromatic nitrogens is 1. The van der Waals surface area contributed by atoms with E-state index >= 15 is 0 Å². The predicted octanol–water partition coefficient (Wildman–Crippen LogP) is 5.09. The highest BCUT2D eigenvalue weighted by atomic mass is 19.4. The van der Waals surface area contributed by atoms with Crippen LogP contribution in [-0.2, 0) is 11.0 Å². The Labute approximate surface area is 213 Å². The fraction of sp³-hybridized carbons (Fsp3) is 0.556. The largest absolute Gasteiger partial charge is 0.416 e. The van der Waals surface area contributed by atoms with E-state index in [2.05, 4.69) is 15.6 Å². The molecule has 0 bridgehead atoms. The average Bonchev–Trinajstić information content (AvgIpc) is 3.77. The fourth-order valence-electron chi connectivity index (χ4n) is 5.23. The number of amides is 1. The van der Waals surface area contributed by atoms with Crippen LogP contribution in [0.3, 0.4) is 0 Å². The summed E-state index contributed by atoms with van der Waals surface area (Å²) in [5, 5.41) is 17.7. The lowest BCUT2D eigenvalue weighted by Gasteiger charge is -2.31. The van der Waals surface area contributed by atoms with Crippen molar-refractivity contribution >= 4 is 11.6 Å². The number of benzene rings is 1. The Bertz CT molecular complexity index is 1170. The van der Waals surface area contributed by atoms with E-state index in [9.17, 15) is 27.5 Å². The van der Waals surface area contributed by atoms with Crippen molar-refractivity contribution in [2.24, 2.45) is 11.8 Å². The van der Waals surface area contributed by atoms with Crippen molar-refractivity contribution in [3.63, 3.8) is 0 Å². The second kappa shape index (κ2) is 9.87. The first-order valence-electron chi connectivity index (χ1n) is 12.8. The van der Waals surface area contributed by atoms with Gasteiger partial charge in [-0.05, 0) is 69.1 Å². The molecule has 1 aromatic carbocycles. The molecule has 1 aromatic heterocycles. The predicted molar refractivity (Wildman–Crippen MR) is 130 cm³/mol. The number of hydrogen-bond acceptors (Lipinski definition) is 5. The van der Waals surface area contributed by atoms with Gasteiger partial charge in [-0.3, -0.25) is 14.7 Å². The van der Waals surface area contributed by atoms with Gasteiger partial charge in [-0.2, -0.15) is 13.2 Å². The van der Waals surface area contributed by atoms with Gasteiger partial charge in [-0.15, -0.1) is 0 Å². The summed E-state index contributed by atoms with van der Waals surface area (Å²) in [6.07, 6.45) is 0.133. The monoisotopic (exact) mass is 520 g/mol. The van der Waals surface area contributed by atoms with E-state index in [1.807, 2.05) is 19.9 Å². The first-order chi connectivity index (χ1) is 17.5. The first-order valence-corrected chi connectivity index (χ1v) is 12.8. The molecule has 1 unspecified atom stereocenters. The lowest BCUT2D eigenvalue weighted by Crippen LogP contribution is -2.46. The molecule has 0 spiro atoms. The van der Waals surface area contributed by atoms with Crippen LogP contribution in [0.1, 0.15) is 73.7 Å². The van der Waals surface area contributed by atoms with Crippen LogP contribution in [0.4, 0.5) is 23.2 Å². The minimum Gasteiger partial charge on any atom is -0.381 e. The summed E-state index contributed by atoms with van der Waals surface area (Å²) in [4.78, 5) is 19.6. The van der Waals surface area contributed by atoms with Crippen molar-refractivity contribution in [3.8, 4) is 0 Å². The van der Waals surface area contributed by atoms with Gasteiger partial charge in [0, 0.05) is 29.4 Å². The molecule has 3 fully saturated rings. The van der Waals surface area contributed by atoms with Crippen LogP contribution in [0.2, 0.25) is 0 Å². The molecule has 2 aromatic rings. The summed E-state index contributed by atoms with van der Waals surface area (Å²) in [5.41, 5.74) is 1.13. The number of halogens is 4. The summed E-state index contributed by atoms with van der Waals surface area (Å²) < 4.78 is 53.9. The van der Waals surface area contributed by atoms with Crippen molar-refractivity contribution in [1.82, 2.24) is 15.2 Å². The lowest BCUT2D eigenvalue weighted by molar-refractivity contribution is -0.137. The minimum absolute atomic E-state index is 0.0374. The normalized spacial score (nSPS) is 24.1. The Morgan fingerprint density at radius 3 is 2.51 bits per heavy atom. The first kappa shape index (κ1) is 25.9. The van der Waals surface area contributed by atoms with Gasteiger partial charge in [0.25, 0.3) is 0 Å². The molecule has 37 heavy (non-hydrogen) atoms. The number of aliphatic hydroxyl groups excluding tert-OH is 1. The number of rotatable bonds is 8. The number of nitrogens with zero attached hydrogens (tertiary/aromatic N) is 2. The zero-order valence-corrected chi connectivity index (χ0v) is 20.9. The average molecular weight is 521 g/mol. The third kappa shape index (κ3) is 5.75. The van der Waals surface area contributed by atoms with E-state index in [0.29, 0.717) is 30.6 Å². The number of anilines is 1. The second-order valence-corrected chi connectivity index (χ2v) is 10.8. The Kier molecular flexibility index (Phi) is 6.91. The third-order valence-corrected chi connectivity index (χ3v) is 7.51. The highest BCUT2D eigenvalue weighted by molar-refractivity contribution is 5.82. The maximum Gasteiger partial charge on any atom is 0.416 e. The molecule has 1 aliphatic heterocycles. The van der Waals surface area contributed by atoms with Crippen LogP contribution in [0.15, 0.2) is 30.5 Å². The number of pyridine rings is 1. The Hall–Kier alpha value is -2.72. The highest BCUT2D eigenvalue weighted by Gasteiger charge is 2.43. The maximum atomic E-state index is 14.8. The minimum atomic E-state index is -4.65. The molecule has 2 aliphatic carbocycles. The SMILES string of the molecule is Cc1cc(C(O)N2C[C@H](C)C[C@@H]2C(=O)N[C@@H](c2ccc(C(F)(F)F)cc2F)C2CC2)c(NC2CC2)cn1. The van der Waals surface area contributed by atoms with Crippen LogP contribution < -0.4 is 10.6 Å². The van der Waals surface area contributed by atoms with Gasteiger partial charge >= 0.3 is 6.18 Å². The summed E-state index contributed by atoms with van der Waals surface area (Å²) in [5.74, 6) is -1.24. The number of aryl methyl sites for hydroxylation is 1. The van der Waals surface area contributed by atoms with E-state index in [4.69, 9.17) is 0 Å². The van der Waals surface area contributed by atoms with E-state index in [1.165, 1.54) is 0 Å². The fourth-order valence-corrected chi connectivity index (χ4v) is 5.23. The molecule has 200 valence electrons. The molecule has 2 heterocycles. The number of hydrogen-bond donors (Lipinski definition) is 3. The zero-order valence-electron chi connectivity index (χ0n) is 20.9. The van der Waals surface area contributed by atoms with E-state index < -0.39 is 35.9 Å². The Morgan fingerprint density at radius 1 is 1.16 bits per heavy atom. The number of nitrogens with one attached hydrogen (secondary N) is 2. The van der Waals surface area contributed by atoms with Gasteiger partial charge in [0.1, 0.15) is 12.0 Å². The Balaban J connectivity index is 1.37. The molecular weight excluding hydrogens is 488 g/mol. The number of likely N-dealkylation sites (tertiary alicyclic amines) is 1. The molecule has 1 amide bonds. The lowest BCUT2D eigenvalue weighted by atomic mass is 9.98. The topological polar surface area (TPSA) is 77.5 Å². The molecule has 1 saturated heterocycles. The molecule has 0 radical (unpaired) electrons. The molecule has 6 nitrogen and oxygen atoms in total. The van der Waals surface area contributed by atoms with E-state index in [0.717, 1.165) is 49.2 Å².